The number of pyridine rings is 1. The molecule has 3 rings (SSSR count). The Morgan fingerprint density at radius 3 is 3.00 bits per heavy atom. The summed E-state index contributed by atoms with van der Waals surface area (Å²) < 4.78 is 4.82. The largest absolute Gasteiger partial charge is 0.451 e. The number of aromatic amines is 1. The molecular formula is C16H17N3O4. The van der Waals surface area contributed by atoms with Crippen LogP contribution in [0.4, 0.5) is 5.69 Å². The van der Waals surface area contributed by atoms with E-state index < -0.39 is 6.79 Å². The van der Waals surface area contributed by atoms with Crippen molar-refractivity contribution >= 4 is 17.4 Å². The van der Waals surface area contributed by atoms with Gasteiger partial charge in [0.2, 0.25) is 5.88 Å². The van der Waals surface area contributed by atoms with Crippen LogP contribution in [0.3, 0.4) is 0 Å². The number of H-pyrrole nitrogens is 1. The van der Waals surface area contributed by atoms with Crippen LogP contribution >= 0.6 is 0 Å². The number of ether oxygens (including phenoxy) is 1. The smallest absolute Gasteiger partial charge is 0.257 e. The first-order valence-corrected chi connectivity index (χ1v) is 7.33. The van der Waals surface area contributed by atoms with Crippen molar-refractivity contribution in [3.63, 3.8) is 0 Å². The van der Waals surface area contributed by atoms with E-state index in [0.29, 0.717) is 23.2 Å². The molecule has 3 N–H and O–H groups in total. The van der Waals surface area contributed by atoms with E-state index in [1.165, 1.54) is 12.3 Å². The van der Waals surface area contributed by atoms with Crippen LogP contribution in [-0.4, -0.2) is 33.6 Å². The lowest BCUT2D eigenvalue weighted by molar-refractivity contribution is 0.0938. The minimum absolute atomic E-state index is 0.00466. The number of aromatic nitrogens is 2. The number of aliphatic hydroxyl groups is 1. The second kappa shape index (κ2) is 6.21. The number of fused-ring (bicyclic) bond motifs is 1. The van der Waals surface area contributed by atoms with Gasteiger partial charge in [-0.2, -0.15) is 0 Å². The summed E-state index contributed by atoms with van der Waals surface area (Å²) in [6.45, 7) is 1.55. The maximum atomic E-state index is 12.4. The molecule has 0 aromatic carbocycles. The zero-order valence-corrected chi connectivity index (χ0v) is 12.6. The fraction of sp³-hybridized carbons (Fsp3) is 0.312. The summed E-state index contributed by atoms with van der Waals surface area (Å²) in [6, 6.07) is 3.14. The Kier molecular flexibility index (Phi) is 4.12. The van der Waals surface area contributed by atoms with Crippen molar-refractivity contribution in [2.45, 2.75) is 19.8 Å². The highest BCUT2D eigenvalue weighted by Crippen LogP contribution is 2.28. The first kappa shape index (κ1) is 15.2. The molecule has 23 heavy (non-hydrogen) atoms. The molecule has 2 aromatic heterocycles. The van der Waals surface area contributed by atoms with E-state index in [0.717, 1.165) is 12.1 Å². The molecule has 1 aliphatic rings. The molecule has 0 saturated carbocycles. The quantitative estimate of drug-likeness (QED) is 0.746. The Balaban J connectivity index is 1.78. The normalized spacial score (nSPS) is 16.8. The lowest BCUT2D eigenvalue weighted by Crippen LogP contribution is -2.21. The lowest BCUT2D eigenvalue weighted by atomic mass is 9.86. The highest BCUT2D eigenvalue weighted by atomic mass is 16.6. The standard InChI is InChI=1S/C16H17N3O4/c1-9-4-12-15(13(21)5-9)11(7-17-12)16(22)19-10-2-3-14(18-6-10)23-8-20/h2-3,6-7,9,17,20H,4-5,8H2,1H3,(H,19,22). The monoisotopic (exact) mass is 315 g/mol. The fourth-order valence-corrected chi connectivity index (χ4v) is 2.77. The van der Waals surface area contributed by atoms with Gasteiger partial charge < -0.3 is 20.1 Å². The minimum Gasteiger partial charge on any atom is -0.451 e. The summed E-state index contributed by atoms with van der Waals surface area (Å²) in [7, 11) is 0. The van der Waals surface area contributed by atoms with Crippen LogP contribution < -0.4 is 10.1 Å². The lowest BCUT2D eigenvalue weighted by Gasteiger charge is -2.17. The van der Waals surface area contributed by atoms with Crippen LogP contribution in [0.15, 0.2) is 24.5 Å². The van der Waals surface area contributed by atoms with Gasteiger partial charge in [-0.05, 0) is 18.4 Å². The molecule has 1 aliphatic carbocycles. The predicted octanol–water partition coefficient (Wildman–Crippen LogP) is 1.76. The van der Waals surface area contributed by atoms with Crippen LogP contribution in [0.1, 0.15) is 39.8 Å². The van der Waals surface area contributed by atoms with Gasteiger partial charge in [-0.3, -0.25) is 9.59 Å². The summed E-state index contributed by atoms with van der Waals surface area (Å²) in [6.07, 6.45) is 4.22. The molecule has 1 atom stereocenters. The molecule has 2 heterocycles. The molecule has 0 aliphatic heterocycles. The van der Waals surface area contributed by atoms with Crippen molar-refractivity contribution in [2.75, 3.05) is 12.1 Å². The Hall–Kier alpha value is -2.67. The number of hydrogen-bond donors (Lipinski definition) is 3. The molecule has 1 unspecified atom stereocenters. The zero-order valence-electron chi connectivity index (χ0n) is 12.6. The third-order valence-corrected chi connectivity index (χ3v) is 3.78. The fourth-order valence-electron chi connectivity index (χ4n) is 2.77. The Bertz CT molecular complexity index is 736. The van der Waals surface area contributed by atoms with E-state index in [2.05, 4.69) is 15.3 Å². The molecule has 1 amide bonds. The number of carbonyl (C=O) groups excluding carboxylic acids is 2. The van der Waals surface area contributed by atoms with Crippen LogP contribution in [0, 0.1) is 5.92 Å². The number of carbonyl (C=O) groups is 2. The van der Waals surface area contributed by atoms with Crippen molar-refractivity contribution in [3.8, 4) is 5.88 Å². The number of nitrogens with one attached hydrogen (secondary N) is 2. The number of Topliss-reactive ketones (excluding diaryl/α,β-unsaturated/α-hetero) is 1. The number of ketones is 1. The molecule has 0 radical (unpaired) electrons. The summed E-state index contributed by atoms with van der Waals surface area (Å²) in [5.74, 6) is 0.180. The average Bonchev–Trinajstić information content (AvgIpc) is 2.93. The molecule has 0 bridgehead atoms. The molecule has 120 valence electrons. The van der Waals surface area contributed by atoms with Gasteiger partial charge in [-0.15, -0.1) is 0 Å². The Morgan fingerprint density at radius 2 is 2.30 bits per heavy atom. The third-order valence-electron chi connectivity index (χ3n) is 3.78. The molecule has 0 saturated heterocycles. The van der Waals surface area contributed by atoms with Crippen molar-refractivity contribution in [1.82, 2.24) is 9.97 Å². The van der Waals surface area contributed by atoms with Crippen LogP contribution in [-0.2, 0) is 6.42 Å². The number of amides is 1. The molecule has 0 spiro atoms. The average molecular weight is 315 g/mol. The summed E-state index contributed by atoms with van der Waals surface area (Å²) >= 11 is 0. The molecule has 2 aromatic rings. The maximum absolute atomic E-state index is 12.4. The van der Waals surface area contributed by atoms with Gasteiger partial charge in [-0.1, -0.05) is 6.92 Å². The van der Waals surface area contributed by atoms with Crippen LogP contribution in [0.2, 0.25) is 0 Å². The van der Waals surface area contributed by atoms with E-state index in [9.17, 15) is 9.59 Å². The predicted molar refractivity (Wildman–Crippen MR) is 82.5 cm³/mol. The number of anilines is 1. The van der Waals surface area contributed by atoms with E-state index in [1.54, 1.807) is 12.3 Å². The van der Waals surface area contributed by atoms with Gasteiger partial charge in [0.25, 0.3) is 5.91 Å². The minimum atomic E-state index is -0.464. The number of aliphatic hydroxyl groups excluding tert-OH is 1. The first-order chi connectivity index (χ1) is 11.1. The van der Waals surface area contributed by atoms with Crippen molar-refractivity contribution in [1.29, 1.82) is 0 Å². The molecular weight excluding hydrogens is 298 g/mol. The van der Waals surface area contributed by atoms with Gasteiger partial charge >= 0.3 is 0 Å². The van der Waals surface area contributed by atoms with Crippen LogP contribution in [0.25, 0.3) is 0 Å². The number of rotatable bonds is 4. The Labute approximate surface area is 132 Å². The van der Waals surface area contributed by atoms with E-state index in [4.69, 9.17) is 9.84 Å². The Morgan fingerprint density at radius 1 is 1.48 bits per heavy atom. The van der Waals surface area contributed by atoms with Gasteiger partial charge in [0, 0.05) is 24.4 Å². The zero-order chi connectivity index (χ0) is 16.4. The summed E-state index contributed by atoms with van der Waals surface area (Å²) in [5, 5.41) is 11.4. The SMILES string of the molecule is CC1CC(=O)c2c(C(=O)Nc3ccc(OCO)nc3)c[nH]c2C1. The van der Waals surface area contributed by atoms with Gasteiger partial charge in [0.05, 0.1) is 23.0 Å². The second-order valence-corrected chi connectivity index (χ2v) is 5.61. The summed E-state index contributed by atoms with van der Waals surface area (Å²) in [5.41, 5.74) is 2.15. The van der Waals surface area contributed by atoms with Gasteiger partial charge in [0.15, 0.2) is 12.6 Å². The molecule has 7 heteroatoms. The molecule has 7 nitrogen and oxygen atoms in total. The highest BCUT2D eigenvalue weighted by molar-refractivity contribution is 6.13. The highest BCUT2D eigenvalue weighted by Gasteiger charge is 2.29. The van der Waals surface area contributed by atoms with E-state index >= 15 is 0 Å². The van der Waals surface area contributed by atoms with Gasteiger partial charge in [-0.25, -0.2) is 4.98 Å². The van der Waals surface area contributed by atoms with Gasteiger partial charge in [0.1, 0.15) is 0 Å². The van der Waals surface area contributed by atoms with Crippen molar-refractivity contribution < 1.29 is 19.4 Å². The number of hydrogen-bond acceptors (Lipinski definition) is 5. The topological polar surface area (TPSA) is 104 Å². The van der Waals surface area contributed by atoms with Crippen LogP contribution in [0.5, 0.6) is 5.88 Å². The van der Waals surface area contributed by atoms with Crippen molar-refractivity contribution in [2.24, 2.45) is 5.92 Å². The van der Waals surface area contributed by atoms with E-state index in [-0.39, 0.29) is 23.5 Å². The van der Waals surface area contributed by atoms with Crippen molar-refractivity contribution in [3.05, 3.63) is 41.3 Å². The third kappa shape index (κ3) is 3.09. The number of nitrogens with zero attached hydrogens (tertiary/aromatic N) is 1. The summed E-state index contributed by atoms with van der Waals surface area (Å²) in [4.78, 5) is 31.6. The second-order valence-electron chi connectivity index (χ2n) is 5.61. The van der Waals surface area contributed by atoms with E-state index in [1.807, 2.05) is 6.92 Å². The maximum Gasteiger partial charge on any atom is 0.257 e. The first-order valence-electron chi connectivity index (χ1n) is 7.33. The molecule has 0 fully saturated rings.